The Labute approximate surface area is 278 Å². The minimum absolute atomic E-state index is 0.151. The molecule has 0 radical (unpaired) electrons. The molecule has 1 N–H and O–H groups in total. The Balaban J connectivity index is 1.22. The van der Waals surface area contributed by atoms with E-state index < -0.39 is 18.5 Å². The van der Waals surface area contributed by atoms with Crippen LogP contribution in [0.1, 0.15) is 46.9 Å². The molecule has 4 aliphatic rings. The minimum atomic E-state index is -4.26. The summed E-state index contributed by atoms with van der Waals surface area (Å²) in [5, 5.41) is 0. The predicted octanol–water partition coefficient (Wildman–Crippen LogP) is 5.43. The highest BCUT2D eigenvalue weighted by atomic mass is 32.2. The van der Waals surface area contributed by atoms with Gasteiger partial charge in [-0.05, 0) is 63.9 Å². The van der Waals surface area contributed by atoms with Gasteiger partial charge in [-0.3, -0.25) is 18.8 Å². The fourth-order valence-corrected chi connectivity index (χ4v) is 8.71. The standard InChI is InChI=1S/C32H35F3N6O4S2/c1-18-12-25-24(28(42)38-18)16-41(47-25)29(43)22-13-23(20-14-36-30(37-15-20)40-8-10-46-11-9-40)27-26(19(22)2)44-31(3,45-27)21-4-6-39(7-5-21)17-32(33,34)35/h12-15,21H,4-11,16-17H2,1-3H3,(H,38,42). The summed E-state index contributed by atoms with van der Waals surface area (Å²) in [7, 11) is 0. The summed E-state index contributed by atoms with van der Waals surface area (Å²) in [6.07, 6.45) is 0.113. The summed E-state index contributed by atoms with van der Waals surface area (Å²) in [6, 6.07) is 3.63. The minimum Gasteiger partial charge on any atom is -0.448 e. The number of carbonyl (C=O) groups excluding carboxylic acids is 1. The van der Waals surface area contributed by atoms with Gasteiger partial charge < -0.3 is 19.4 Å². The lowest BCUT2D eigenvalue weighted by molar-refractivity contribution is -0.159. The summed E-state index contributed by atoms with van der Waals surface area (Å²) in [6.45, 7) is 6.89. The predicted molar refractivity (Wildman–Crippen MR) is 174 cm³/mol. The molecule has 4 aliphatic heterocycles. The van der Waals surface area contributed by atoms with Crippen molar-refractivity contribution >= 4 is 35.6 Å². The lowest BCUT2D eigenvalue weighted by atomic mass is 9.89. The maximum atomic E-state index is 14.1. The number of hydrogen-bond acceptors (Lipinski definition) is 10. The van der Waals surface area contributed by atoms with E-state index in [0.29, 0.717) is 63.8 Å². The van der Waals surface area contributed by atoms with Gasteiger partial charge in [-0.2, -0.15) is 24.9 Å². The first-order valence-electron chi connectivity index (χ1n) is 15.6. The molecule has 0 bridgehead atoms. The number of amides is 1. The number of alkyl halides is 3. The van der Waals surface area contributed by atoms with Gasteiger partial charge in [0.2, 0.25) is 5.95 Å². The molecule has 2 aromatic heterocycles. The normalized spacial score (nSPS) is 21.7. The van der Waals surface area contributed by atoms with Crippen LogP contribution in [0.25, 0.3) is 11.1 Å². The van der Waals surface area contributed by atoms with E-state index in [1.807, 2.05) is 24.8 Å². The van der Waals surface area contributed by atoms with Crippen LogP contribution in [0.15, 0.2) is 34.2 Å². The first-order valence-corrected chi connectivity index (χ1v) is 17.5. The molecule has 2 saturated heterocycles. The van der Waals surface area contributed by atoms with Gasteiger partial charge in [-0.1, -0.05) is 0 Å². The smallest absolute Gasteiger partial charge is 0.401 e. The van der Waals surface area contributed by atoms with Gasteiger partial charge in [-0.25, -0.2) is 9.97 Å². The highest BCUT2D eigenvalue weighted by molar-refractivity contribution is 7.99. The lowest BCUT2D eigenvalue weighted by Gasteiger charge is -2.39. The number of nitrogens with one attached hydrogen (secondary N) is 1. The molecule has 3 aromatic rings. The number of likely N-dealkylation sites (tertiary alicyclic amines) is 1. The monoisotopic (exact) mass is 688 g/mol. The number of hydrogen-bond donors (Lipinski definition) is 1. The Hall–Kier alpha value is -3.43. The largest absolute Gasteiger partial charge is 0.448 e. The van der Waals surface area contributed by atoms with Crippen molar-refractivity contribution < 1.29 is 27.4 Å². The number of H-pyrrole nitrogens is 1. The number of pyridine rings is 1. The molecular weight excluding hydrogens is 654 g/mol. The number of thioether (sulfide) groups is 1. The van der Waals surface area contributed by atoms with E-state index in [9.17, 15) is 22.8 Å². The van der Waals surface area contributed by atoms with Crippen molar-refractivity contribution in [2.75, 3.05) is 49.1 Å². The van der Waals surface area contributed by atoms with Gasteiger partial charge in [0.05, 0.1) is 18.7 Å². The van der Waals surface area contributed by atoms with E-state index in [1.54, 1.807) is 36.6 Å². The number of aromatic amines is 1. The molecule has 47 heavy (non-hydrogen) atoms. The number of aryl methyl sites for hydroxylation is 1. The molecule has 0 spiro atoms. The number of piperidine rings is 1. The van der Waals surface area contributed by atoms with Crippen LogP contribution in [0, 0.1) is 19.8 Å². The van der Waals surface area contributed by atoms with Crippen LogP contribution in [0.3, 0.4) is 0 Å². The van der Waals surface area contributed by atoms with Crippen molar-refractivity contribution in [2.45, 2.75) is 57.0 Å². The fourth-order valence-electron chi connectivity index (χ4n) is 6.70. The number of ether oxygens (including phenoxy) is 2. The third kappa shape index (κ3) is 6.29. The molecule has 1 atom stereocenters. The topological polar surface area (TPSA) is 104 Å². The van der Waals surface area contributed by atoms with Crippen LogP contribution < -0.4 is 19.9 Å². The summed E-state index contributed by atoms with van der Waals surface area (Å²) in [5.41, 5.74) is 3.23. The van der Waals surface area contributed by atoms with Gasteiger partial charge in [0.25, 0.3) is 17.3 Å². The van der Waals surface area contributed by atoms with Crippen LogP contribution in [-0.4, -0.2) is 86.3 Å². The van der Waals surface area contributed by atoms with Crippen molar-refractivity contribution in [3.63, 3.8) is 0 Å². The molecular formula is C32H35F3N6O4S2. The Bertz CT molecular complexity index is 1760. The van der Waals surface area contributed by atoms with Gasteiger partial charge in [-0.15, -0.1) is 0 Å². The number of halogens is 3. The zero-order chi connectivity index (χ0) is 33.1. The first kappa shape index (κ1) is 32.1. The third-order valence-electron chi connectivity index (χ3n) is 9.27. The molecule has 10 nitrogen and oxygen atoms in total. The van der Waals surface area contributed by atoms with E-state index in [2.05, 4.69) is 19.9 Å². The summed E-state index contributed by atoms with van der Waals surface area (Å²) >= 11 is 3.13. The highest BCUT2D eigenvalue weighted by Gasteiger charge is 2.48. The van der Waals surface area contributed by atoms with Crippen LogP contribution in [-0.2, 0) is 6.54 Å². The maximum Gasteiger partial charge on any atom is 0.401 e. The number of nitrogens with zero attached hydrogens (tertiary/aromatic N) is 5. The second kappa shape index (κ2) is 12.2. The van der Waals surface area contributed by atoms with Crippen molar-refractivity contribution in [2.24, 2.45) is 5.92 Å². The van der Waals surface area contributed by atoms with E-state index in [0.717, 1.165) is 29.5 Å². The van der Waals surface area contributed by atoms with Crippen LogP contribution in [0.5, 0.6) is 11.5 Å². The third-order valence-corrected chi connectivity index (χ3v) is 11.3. The molecule has 2 fully saturated rings. The van der Waals surface area contributed by atoms with Crippen molar-refractivity contribution in [1.82, 2.24) is 24.2 Å². The van der Waals surface area contributed by atoms with Crippen molar-refractivity contribution in [3.8, 4) is 22.6 Å². The average Bonchev–Trinajstić information content (AvgIpc) is 3.64. The molecule has 0 aliphatic carbocycles. The first-order chi connectivity index (χ1) is 22.4. The Morgan fingerprint density at radius 1 is 1.06 bits per heavy atom. The summed E-state index contributed by atoms with van der Waals surface area (Å²) < 4.78 is 53.9. The molecule has 1 unspecified atom stereocenters. The Morgan fingerprint density at radius 3 is 2.43 bits per heavy atom. The van der Waals surface area contributed by atoms with Crippen molar-refractivity contribution in [3.05, 3.63) is 57.3 Å². The van der Waals surface area contributed by atoms with Crippen LogP contribution in [0.4, 0.5) is 19.1 Å². The zero-order valence-electron chi connectivity index (χ0n) is 26.3. The van der Waals surface area contributed by atoms with Gasteiger partial charge >= 0.3 is 6.18 Å². The number of aromatic nitrogens is 3. The van der Waals surface area contributed by atoms with Gasteiger partial charge in [0.15, 0.2) is 11.5 Å². The molecule has 15 heteroatoms. The molecule has 250 valence electrons. The molecule has 1 aromatic carbocycles. The van der Waals surface area contributed by atoms with Crippen LogP contribution >= 0.6 is 23.7 Å². The maximum absolute atomic E-state index is 14.1. The number of fused-ring (bicyclic) bond motifs is 2. The van der Waals surface area contributed by atoms with Crippen LogP contribution in [0.2, 0.25) is 0 Å². The molecule has 6 heterocycles. The second-order valence-electron chi connectivity index (χ2n) is 12.6. The molecule has 7 rings (SSSR count). The SMILES string of the molecule is Cc1cc2c(c(=O)[nH]1)CN(C(=O)c1cc(-c3cnc(N4CCSCC4)nc3)c3c(c1C)OC(C)(C1CCN(CC(F)(F)F)CC1)O3)S2. The van der Waals surface area contributed by atoms with E-state index in [1.165, 1.54) is 16.8 Å². The lowest BCUT2D eigenvalue weighted by Crippen LogP contribution is -2.49. The second-order valence-corrected chi connectivity index (χ2v) is 14.9. The van der Waals surface area contributed by atoms with E-state index in [-0.39, 0.29) is 37.0 Å². The number of anilines is 1. The summed E-state index contributed by atoms with van der Waals surface area (Å²) in [5.74, 6) is 1.89. The van der Waals surface area contributed by atoms with E-state index in [4.69, 9.17) is 9.47 Å². The van der Waals surface area contributed by atoms with E-state index >= 15 is 0 Å². The average molecular weight is 689 g/mol. The van der Waals surface area contributed by atoms with Crippen molar-refractivity contribution in [1.29, 1.82) is 0 Å². The number of rotatable bonds is 5. The van der Waals surface area contributed by atoms with Gasteiger partial charge in [0, 0.05) is 82.7 Å². The highest BCUT2D eigenvalue weighted by Crippen LogP contribution is 2.53. The zero-order valence-corrected chi connectivity index (χ0v) is 27.9. The quantitative estimate of drug-likeness (QED) is 0.350. The summed E-state index contributed by atoms with van der Waals surface area (Å²) in [4.78, 5) is 43.2. The Kier molecular flexibility index (Phi) is 8.36. The molecule has 0 saturated carbocycles. The number of benzene rings is 1. The fraction of sp³-hybridized carbons (Fsp3) is 0.500. The van der Waals surface area contributed by atoms with Gasteiger partial charge in [0.1, 0.15) is 0 Å². The molecule has 1 amide bonds. The Morgan fingerprint density at radius 2 is 1.74 bits per heavy atom. The number of carbonyl (C=O) groups is 1.